The quantitative estimate of drug-likeness (QED) is 0.210. The number of aryl methyl sites for hydroxylation is 1. The Bertz CT molecular complexity index is 2600. The molecule has 3 aromatic heterocycles. The lowest BCUT2D eigenvalue weighted by Gasteiger charge is -2.12. The Balaban J connectivity index is 1.39. The fourth-order valence-corrected chi connectivity index (χ4v) is 7.95. The lowest BCUT2D eigenvalue weighted by Crippen LogP contribution is -1.97. The molecule has 0 unspecified atom stereocenters. The van der Waals surface area contributed by atoms with Crippen molar-refractivity contribution in [3.63, 3.8) is 0 Å². The Labute approximate surface area is 245 Å². The van der Waals surface area contributed by atoms with Crippen LogP contribution in [0.15, 0.2) is 121 Å². The molecule has 0 atom stereocenters. The minimum Gasteiger partial charge on any atom is -0.309 e. The predicted molar refractivity (Wildman–Crippen MR) is 177 cm³/mol. The fourth-order valence-electron chi connectivity index (χ4n) is 6.76. The summed E-state index contributed by atoms with van der Waals surface area (Å²) in [5.74, 6) is 0. The third-order valence-electron chi connectivity index (χ3n) is 8.57. The summed E-state index contributed by atoms with van der Waals surface area (Å²) in [6.07, 6.45) is 0. The number of rotatable bonds is 2. The van der Waals surface area contributed by atoms with Crippen LogP contribution in [0.2, 0.25) is 0 Å². The molecule has 3 nitrogen and oxygen atoms in total. The Morgan fingerprint density at radius 2 is 1.21 bits per heavy atom. The van der Waals surface area contributed by atoms with E-state index < -0.39 is 0 Å². The number of para-hydroxylation sites is 2. The number of fused-ring (bicyclic) bond motifs is 9. The maximum Gasteiger partial charge on any atom is 0.0992 e. The van der Waals surface area contributed by atoms with Crippen LogP contribution in [-0.2, 0) is 0 Å². The van der Waals surface area contributed by atoms with Gasteiger partial charge in [-0.05, 0) is 67.1 Å². The molecule has 0 saturated heterocycles. The number of hydrogen-bond donors (Lipinski definition) is 0. The van der Waals surface area contributed by atoms with E-state index in [4.69, 9.17) is 0 Å². The first-order chi connectivity index (χ1) is 20.7. The summed E-state index contributed by atoms with van der Waals surface area (Å²) in [6.45, 7) is 2.16. The van der Waals surface area contributed by atoms with E-state index in [1.807, 2.05) is 12.1 Å². The van der Waals surface area contributed by atoms with Gasteiger partial charge in [0, 0.05) is 42.7 Å². The largest absolute Gasteiger partial charge is 0.309 e. The summed E-state index contributed by atoms with van der Waals surface area (Å²) in [5.41, 5.74) is 8.79. The van der Waals surface area contributed by atoms with Crippen LogP contribution < -0.4 is 0 Å². The van der Waals surface area contributed by atoms with Gasteiger partial charge in [0.1, 0.15) is 0 Å². The molecule has 0 bridgehead atoms. The first kappa shape index (κ1) is 23.3. The highest BCUT2D eigenvalue weighted by Crippen LogP contribution is 2.42. The highest BCUT2D eigenvalue weighted by Gasteiger charge is 2.19. The van der Waals surface area contributed by atoms with Gasteiger partial charge in [0.15, 0.2) is 0 Å². The van der Waals surface area contributed by atoms with Crippen LogP contribution in [0, 0.1) is 18.3 Å². The summed E-state index contributed by atoms with van der Waals surface area (Å²) in [7, 11) is 0. The normalized spacial score (nSPS) is 11.9. The average molecular weight is 554 g/mol. The Morgan fingerprint density at radius 3 is 2.02 bits per heavy atom. The molecule has 196 valence electrons. The number of benzene rings is 6. The molecule has 0 spiro atoms. The molecule has 0 fully saturated rings. The summed E-state index contributed by atoms with van der Waals surface area (Å²) in [6, 6.07) is 45.8. The molecule has 0 aliphatic heterocycles. The molecule has 0 saturated carbocycles. The van der Waals surface area contributed by atoms with Crippen molar-refractivity contribution < 1.29 is 0 Å². The van der Waals surface area contributed by atoms with Crippen LogP contribution >= 0.6 is 11.3 Å². The summed E-state index contributed by atoms with van der Waals surface area (Å²) >= 11 is 1.79. The van der Waals surface area contributed by atoms with Crippen LogP contribution in [0.3, 0.4) is 0 Å². The topological polar surface area (TPSA) is 33.6 Å². The first-order valence-corrected chi connectivity index (χ1v) is 14.9. The smallest absolute Gasteiger partial charge is 0.0992 e. The molecule has 0 radical (unpaired) electrons. The molecule has 6 aromatic carbocycles. The predicted octanol–water partition coefficient (Wildman–Crippen LogP) is 10.4. The van der Waals surface area contributed by atoms with Crippen molar-refractivity contribution in [2.24, 2.45) is 0 Å². The number of thiophene rings is 1. The van der Waals surface area contributed by atoms with E-state index in [1.54, 1.807) is 11.3 Å². The summed E-state index contributed by atoms with van der Waals surface area (Å²) in [4.78, 5) is 0. The van der Waals surface area contributed by atoms with E-state index >= 15 is 0 Å². The fraction of sp³-hybridized carbons (Fsp3) is 0.0263. The second-order valence-electron chi connectivity index (χ2n) is 11.0. The minimum atomic E-state index is 0.671. The van der Waals surface area contributed by atoms with Gasteiger partial charge in [0.2, 0.25) is 0 Å². The number of hydrogen-bond acceptors (Lipinski definition) is 2. The van der Waals surface area contributed by atoms with Gasteiger partial charge < -0.3 is 9.13 Å². The van der Waals surface area contributed by atoms with Crippen LogP contribution in [0.25, 0.3) is 75.2 Å². The zero-order valence-corrected chi connectivity index (χ0v) is 23.6. The molecule has 9 aromatic rings. The van der Waals surface area contributed by atoms with Crippen molar-refractivity contribution >= 4 is 75.1 Å². The second-order valence-corrected chi connectivity index (χ2v) is 12.1. The molecule has 0 amide bonds. The maximum atomic E-state index is 10.0. The number of nitriles is 1. The zero-order valence-electron chi connectivity index (χ0n) is 22.8. The zero-order chi connectivity index (χ0) is 27.9. The van der Waals surface area contributed by atoms with Gasteiger partial charge in [0.05, 0.1) is 44.1 Å². The van der Waals surface area contributed by atoms with E-state index in [2.05, 4.69) is 131 Å². The van der Waals surface area contributed by atoms with Crippen LogP contribution in [0.4, 0.5) is 0 Å². The van der Waals surface area contributed by atoms with Crippen molar-refractivity contribution in [3.8, 4) is 17.4 Å². The highest BCUT2D eigenvalue weighted by atomic mass is 32.1. The third-order valence-corrected chi connectivity index (χ3v) is 9.78. The lowest BCUT2D eigenvalue weighted by molar-refractivity contribution is 1.17. The summed E-state index contributed by atoms with van der Waals surface area (Å²) < 4.78 is 7.17. The molecular weight excluding hydrogens is 531 g/mol. The Kier molecular flexibility index (Phi) is 4.76. The van der Waals surface area contributed by atoms with Crippen molar-refractivity contribution in [1.82, 2.24) is 9.13 Å². The van der Waals surface area contributed by atoms with Gasteiger partial charge in [0.25, 0.3) is 0 Å². The average Bonchev–Trinajstić information content (AvgIpc) is 3.67. The standard InChI is InChI=1S/C38H23N3S/c1-23-14-16-28-26-8-2-5-11-32(26)40(35(28)18-23)25-15-17-34-30(21-25)27-9-3-6-12-33(27)41(34)36-20-24(22-39)19-31-29-10-4-7-13-37(29)42-38(31)36/h2-21H,1H3. The molecule has 0 aliphatic carbocycles. The molecule has 0 N–H and O–H groups in total. The van der Waals surface area contributed by atoms with E-state index in [0.717, 1.165) is 27.8 Å². The van der Waals surface area contributed by atoms with E-state index in [1.165, 1.54) is 52.9 Å². The molecule has 42 heavy (non-hydrogen) atoms. The Hall–Kier alpha value is -5.37. The van der Waals surface area contributed by atoms with E-state index in [9.17, 15) is 5.26 Å². The van der Waals surface area contributed by atoms with Gasteiger partial charge >= 0.3 is 0 Å². The van der Waals surface area contributed by atoms with Crippen LogP contribution in [-0.4, -0.2) is 9.13 Å². The SMILES string of the molecule is Cc1ccc2c3ccccc3n(-c3ccc4c(c3)c3ccccc3n4-c3cc(C#N)cc4c3sc3ccccc34)c2c1. The van der Waals surface area contributed by atoms with Crippen molar-refractivity contribution in [2.45, 2.75) is 6.92 Å². The van der Waals surface area contributed by atoms with Gasteiger partial charge in [-0.1, -0.05) is 66.7 Å². The summed E-state index contributed by atoms with van der Waals surface area (Å²) in [5, 5.41) is 17.3. The van der Waals surface area contributed by atoms with E-state index in [-0.39, 0.29) is 0 Å². The maximum absolute atomic E-state index is 10.0. The van der Waals surface area contributed by atoms with Crippen LogP contribution in [0.1, 0.15) is 11.1 Å². The lowest BCUT2D eigenvalue weighted by atomic mass is 10.1. The molecule has 9 rings (SSSR count). The van der Waals surface area contributed by atoms with Crippen LogP contribution in [0.5, 0.6) is 0 Å². The van der Waals surface area contributed by atoms with Crippen molar-refractivity contribution in [2.75, 3.05) is 0 Å². The molecule has 4 heteroatoms. The highest BCUT2D eigenvalue weighted by molar-refractivity contribution is 7.26. The molecular formula is C38H23N3S. The minimum absolute atomic E-state index is 0.671. The van der Waals surface area contributed by atoms with Gasteiger partial charge in [-0.2, -0.15) is 5.26 Å². The first-order valence-electron chi connectivity index (χ1n) is 14.1. The van der Waals surface area contributed by atoms with Crippen molar-refractivity contribution in [1.29, 1.82) is 5.26 Å². The monoisotopic (exact) mass is 553 g/mol. The molecule has 3 heterocycles. The number of nitrogens with zero attached hydrogens (tertiary/aromatic N) is 3. The molecule has 0 aliphatic rings. The van der Waals surface area contributed by atoms with Gasteiger partial charge in [-0.3, -0.25) is 0 Å². The van der Waals surface area contributed by atoms with E-state index in [0.29, 0.717) is 5.56 Å². The third kappa shape index (κ3) is 3.14. The number of aromatic nitrogens is 2. The van der Waals surface area contributed by atoms with Gasteiger partial charge in [-0.15, -0.1) is 11.3 Å². The van der Waals surface area contributed by atoms with Crippen molar-refractivity contribution in [3.05, 3.63) is 132 Å². The second kappa shape index (κ2) is 8.57. The Morgan fingerprint density at radius 1 is 0.548 bits per heavy atom. The van der Waals surface area contributed by atoms with Gasteiger partial charge in [-0.25, -0.2) is 0 Å².